The first-order chi connectivity index (χ1) is 14.4. The molecule has 3 amide bonds. The lowest BCUT2D eigenvalue weighted by Gasteiger charge is -2.29. The van der Waals surface area contributed by atoms with Gasteiger partial charge in [0.15, 0.2) is 0 Å². The Morgan fingerprint density at radius 3 is 2.37 bits per heavy atom. The van der Waals surface area contributed by atoms with Gasteiger partial charge in [0.05, 0.1) is 17.8 Å². The molecular formula is C23H28N4O3. The van der Waals surface area contributed by atoms with Crippen LogP contribution in [0.15, 0.2) is 48.5 Å². The third-order valence-corrected chi connectivity index (χ3v) is 5.38. The maximum Gasteiger partial charge on any atom is 0.253 e. The van der Waals surface area contributed by atoms with Crippen LogP contribution in [0, 0.1) is 12.8 Å². The Bertz CT molecular complexity index is 903. The van der Waals surface area contributed by atoms with Crippen molar-refractivity contribution in [3.63, 3.8) is 0 Å². The second-order valence-electron chi connectivity index (χ2n) is 7.71. The van der Waals surface area contributed by atoms with E-state index in [1.165, 1.54) is 0 Å². The van der Waals surface area contributed by atoms with E-state index in [-0.39, 0.29) is 30.2 Å². The van der Waals surface area contributed by atoms with Crippen molar-refractivity contribution >= 4 is 23.4 Å². The van der Waals surface area contributed by atoms with Crippen LogP contribution >= 0.6 is 0 Å². The van der Waals surface area contributed by atoms with Gasteiger partial charge in [0.2, 0.25) is 11.8 Å². The number of likely N-dealkylation sites (tertiary alicyclic amines) is 1. The minimum absolute atomic E-state index is 0.109. The monoisotopic (exact) mass is 408 g/mol. The van der Waals surface area contributed by atoms with E-state index >= 15 is 0 Å². The van der Waals surface area contributed by atoms with Crippen LogP contribution in [0.1, 0.15) is 34.3 Å². The molecule has 0 unspecified atom stereocenters. The summed E-state index contributed by atoms with van der Waals surface area (Å²) in [5, 5.41) is 5.75. The normalized spacial score (nSPS) is 14.8. The number of para-hydroxylation sites is 1. The fraction of sp³-hybridized carbons (Fsp3) is 0.348. The van der Waals surface area contributed by atoms with Gasteiger partial charge in [0.1, 0.15) is 0 Å². The zero-order chi connectivity index (χ0) is 21.5. The van der Waals surface area contributed by atoms with E-state index in [0.29, 0.717) is 43.7 Å². The van der Waals surface area contributed by atoms with Crippen LogP contribution in [0.2, 0.25) is 0 Å². The lowest BCUT2D eigenvalue weighted by atomic mass is 9.96. The van der Waals surface area contributed by atoms with E-state index in [4.69, 9.17) is 5.73 Å². The first-order valence-electron chi connectivity index (χ1n) is 10.2. The standard InChI is InChI=1S/C23H28N4O3/c1-16-6-8-17(9-7-16)14-25-23(30)19-4-2-3-5-20(19)26-21(28)15-27-12-10-18(11-13-27)22(24)29/h2-9,18H,10-15H2,1H3,(H2,24,29)(H,25,30)(H,26,28). The summed E-state index contributed by atoms with van der Waals surface area (Å²) >= 11 is 0. The predicted octanol–water partition coefficient (Wildman–Crippen LogP) is 2.06. The van der Waals surface area contributed by atoms with Crippen LogP contribution < -0.4 is 16.4 Å². The molecule has 7 heteroatoms. The largest absolute Gasteiger partial charge is 0.369 e. The van der Waals surface area contributed by atoms with E-state index in [9.17, 15) is 14.4 Å². The molecule has 4 N–H and O–H groups in total. The van der Waals surface area contributed by atoms with Gasteiger partial charge < -0.3 is 16.4 Å². The molecule has 1 saturated heterocycles. The summed E-state index contributed by atoms with van der Waals surface area (Å²) in [5.74, 6) is -0.813. The number of piperidine rings is 1. The highest BCUT2D eigenvalue weighted by Crippen LogP contribution is 2.18. The van der Waals surface area contributed by atoms with Crippen LogP contribution in [-0.4, -0.2) is 42.3 Å². The lowest BCUT2D eigenvalue weighted by molar-refractivity contribution is -0.123. The number of nitrogens with one attached hydrogen (secondary N) is 2. The van der Waals surface area contributed by atoms with Crippen LogP contribution in [-0.2, 0) is 16.1 Å². The molecule has 158 valence electrons. The fourth-order valence-corrected chi connectivity index (χ4v) is 3.54. The molecule has 1 heterocycles. The number of carbonyl (C=O) groups excluding carboxylic acids is 3. The number of nitrogens with zero attached hydrogens (tertiary/aromatic N) is 1. The highest BCUT2D eigenvalue weighted by molar-refractivity contribution is 6.04. The molecule has 0 atom stereocenters. The van der Waals surface area contributed by atoms with E-state index in [1.807, 2.05) is 36.1 Å². The number of primary amides is 1. The first kappa shape index (κ1) is 21.5. The fourth-order valence-electron chi connectivity index (χ4n) is 3.54. The van der Waals surface area contributed by atoms with Gasteiger partial charge in [-0.2, -0.15) is 0 Å². The van der Waals surface area contributed by atoms with E-state index in [2.05, 4.69) is 10.6 Å². The molecule has 2 aromatic rings. The third kappa shape index (κ3) is 5.90. The highest BCUT2D eigenvalue weighted by Gasteiger charge is 2.24. The Kier molecular flexibility index (Phi) is 7.19. The van der Waals surface area contributed by atoms with Crippen molar-refractivity contribution in [3.05, 3.63) is 65.2 Å². The molecule has 30 heavy (non-hydrogen) atoms. The molecule has 0 aromatic heterocycles. The van der Waals surface area contributed by atoms with Gasteiger partial charge >= 0.3 is 0 Å². The Morgan fingerprint density at radius 2 is 1.70 bits per heavy atom. The summed E-state index contributed by atoms with van der Waals surface area (Å²) in [6, 6.07) is 14.9. The maximum absolute atomic E-state index is 12.7. The Labute approximate surface area is 176 Å². The second kappa shape index (κ2) is 10.0. The number of rotatable bonds is 7. The Balaban J connectivity index is 1.55. The molecule has 0 aliphatic carbocycles. The van der Waals surface area contributed by atoms with Crippen molar-refractivity contribution in [1.29, 1.82) is 0 Å². The second-order valence-corrected chi connectivity index (χ2v) is 7.71. The molecule has 7 nitrogen and oxygen atoms in total. The number of anilines is 1. The lowest BCUT2D eigenvalue weighted by Crippen LogP contribution is -2.42. The molecule has 3 rings (SSSR count). The number of benzene rings is 2. The van der Waals surface area contributed by atoms with Gasteiger partial charge in [0.25, 0.3) is 5.91 Å². The predicted molar refractivity (Wildman–Crippen MR) is 116 cm³/mol. The zero-order valence-corrected chi connectivity index (χ0v) is 17.2. The number of carbonyl (C=O) groups is 3. The first-order valence-corrected chi connectivity index (χ1v) is 10.2. The van der Waals surface area contributed by atoms with Crippen LogP contribution in [0.5, 0.6) is 0 Å². The van der Waals surface area contributed by atoms with Crippen molar-refractivity contribution in [2.24, 2.45) is 11.7 Å². The number of aryl methyl sites for hydroxylation is 1. The quantitative estimate of drug-likeness (QED) is 0.652. The van der Waals surface area contributed by atoms with Gasteiger partial charge in [-0.25, -0.2) is 0 Å². The maximum atomic E-state index is 12.7. The molecule has 1 aliphatic heterocycles. The summed E-state index contributed by atoms with van der Waals surface area (Å²) in [4.78, 5) is 38.4. The molecular weight excluding hydrogens is 380 g/mol. The summed E-state index contributed by atoms with van der Waals surface area (Å²) < 4.78 is 0. The summed E-state index contributed by atoms with van der Waals surface area (Å²) in [5.41, 5.74) is 8.43. The highest BCUT2D eigenvalue weighted by atomic mass is 16.2. The van der Waals surface area contributed by atoms with Gasteiger partial charge in [0, 0.05) is 12.5 Å². The summed E-state index contributed by atoms with van der Waals surface area (Å²) in [6.07, 6.45) is 1.33. The minimum atomic E-state index is -0.273. The molecule has 1 aliphatic rings. The number of hydrogen-bond donors (Lipinski definition) is 3. The number of hydrogen-bond acceptors (Lipinski definition) is 4. The van der Waals surface area contributed by atoms with Crippen molar-refractivity contribution in [2.75, 3.05) is 25.0 Å². The smallest absolute Gasteiger partial charge is 0.253 e. The van der Waals surface area contributed by atoms with Gasteiger partial charge in [-0.15, -0.1) is 0 Å². The molecule has 1 fully saturated rings. The molecule has 2 aromatic carbocycles. The van der Waals surface area contributed by atoms with Crippen LogP contribution in [0.4, 0.5) is 5.69 Å². The van der Waals surface area contributed by atoms with E-state index in [0.717, 1.165) is 11.1 Å². The summed E-state index contributed by atoms with van der Waals surface area (Å²) in [6.45, 7) is 3.95. The van der Waals surface area contributed by atoms with Crippen molar-refractivity contribution in [3.8, 4) is 0 Å². The Morgan fingerprint density at radius 1 is 1.03 bits per heavy atom. The Hall–Kier alpha value is -3.19. The molecule has 0 radical (unpaired) electrons. The van der Waals surface area contributed by atoms with Crippen molar-refractivity contribution in [2.45, 2.75) is 26.3 Å². The third-order valence-electron chi connectivity index (χ3n) is 5.38. The average molecular weight is 409 g/mol. The molecule has 0 saturated carbocycles. The zero-order valence-electron chi connectivity index (χ0n) is 17.2. The van der Waals surface area contributed by atoms with Gasteiger partial charge in [-0.3, -0.25) is 19.3 Å². The minimum Gasteiger partial charge on any atom is -0.369 e. The summed E-state index contributed by atoms with van der Waals surface area (Å²) in [7, 11) is 0. The van der Waals surface area contributed by atoms with E-state index < -0.39 is 0 Å². The van der Waals surface area contributed by atoms with Crippen molar-refractivity contribution < 1.29 is 14.4 Å². The average Bonchev–Trinajstić information content (AvgIpc) is 2.74. The molecule has 0 spiro atoms. The van der Waals surface area contributed by atoms with Crippen LogP contribution in [0.25, 0.3) is 0 Å². The van der Waals surface area contributed by atoms with Crippen LogP contribution in [0.3, 0.4) is 0 Å². The number of amides is 3. The van der Waals surface area contributed by atoms with E-state index in [1.54, 1.807) is 24.3 Å². The van der Waals surface area contributed by atoms with Gasteiger partial charge in [-0.05, 0) is 50.6 Å². The SMILES string of the molecule is Cc1ccc(CNC(=O)c2ccccc2NC(=O)CN2CCC(C(N)=O)CC2)cc1. The number of nitrogens with two attached hydrogens (primary N) is 1. The van der Waals surface area contributed by atoms with Crippen molar-refractivity contribution in [1.82, 2.24) is 10.2 Å². The van der Waals surface area contributed by atoms with Gasteiger partial charge in [-0.1, -0.05) is 42.0 Å². The topological polar surface area (TPSA) is 105 Å². The molecule has 0 bridgehead atoms.